The Bertz CT molecular complexity index is 1180. The summed E-state index contributed by atoms with van der Waals surface area (Å²) in [5.74, 6) is 0.355. The average molecular weight is 444 g/mol. The molecule has 0 radical (unpaired) electrons. The number of hydrogen-bond acceptors (Lipinski definition) is 5. The van der Waals surface area contributed by atoms with Crippen LogP contribution in [0, 0.1) is 0 Å². The van der Waals surface area contributed by atoms with Gasteiger partial charge in [-0.15, -0.1) is 11.8 Å². The first-order valence-electron chi connectivity index (χ1n) is 8.74. The van der Waals surface area contributed by atoms with E-state index in [-0.39, 0.29) is 11.2 Å². The zero-order valence-corrected chi connectivity index (χ0v) is 17.6. The van der Waals surface area contributed by atoms with Gasteiger partial charge in [0.1, 0.15) is 5.52 Å². The topological polar surface area (TPSA) is 68.0 Å². The third-order valence-corrected chi connectivity index (χ3v) is 6.26. The highest BCUT2D eigenvalue weighted by Gasteiger charge is 2.18. The van der Waals surface area contributed by atoms with Crippen molar-refractivity contribution in [3.8, 4) is 11.5 Å². The van der Waals surface area contributed by atoms with Gasteiger partial charge in [-0.3, -0.25) is 9.78 Å². The van der Waals surface area contributed by atoms with E-state index < -0.39 is 0 Å². The number of amides is 1. The molecule has 2 heterocycles. The lowest BCUT2D eigenvalue weighted by Gasteiger charge is -2.13. The molecule has 29 heavy (non-hydrogen) atoms. The Hall–Kier alpha value is -2.54. The van der Waals surface area contributed by atoms with E-state index in [0.29, 0.717) is 32.7 Å². The van der Waals surface area contributed by atoms with Crippen molar-refractivity contribution in [3.63, 3.8) is 0 Å². The van der Waals surface area contributed by atoms with Gasteiger partial charge in [-0.05, 0) is 49.4 Å². The van der Waals surface area contributed by atoms with Crippen LogP contribution in [0.3, 0.4) is 0 Å². The smallest absolute Gasteiger partial charge is 0.237 e. The van der Waals surface area contributed by atoms with Crippen LogP contribution in [0.25, 0.3) is 22.6 Å². The Labute approximate surface area is 181 Å². The summed E-state index contributed by atoms with van der Waals surface area (Å²) in [6.45, 7) is 1.81. The molecule has 146 valence electrons. The molecule has 1 N–H and O–H groups in total. The molecular formula is C21H15Cl2N3O2S. The Kier molecular flexibility index (Phi) is 5.76. The molecular weight excluding hydrogens is 429 g/mol. The molecule has 0 saturated heterocycles. The first-order chi connectivity index (χ1) is 14.0. The van der Waals surface area contributed by atoms with Crippen molar-refractivity contribution in [2.75, 3.05) is 5.32 Å². The minimum Gasteiger partial charge on any atom is -0.436 e. The molecule has 0 saturated carbocycles. The summed E-state index contributed by atoms with van der Waals surface area (Å²) in [5.41, 5.74) is 2.78. The summed E-state index contributed by atoms with van der Waals surface area (Å²) in [6.07, 6.45) is 3.36. The molecule has 0 fully saturated rings. The van der Waals surface area contributed by atoms with Crippen molar-refractivity contribution in [3.05, 3.63) is 71.0 Å². The van der Waals surface area contributed by atoms with Crippen LogP contribution in [0.4, 0.5) is 5.69 Å². The van der Waals surface area contributed by atoms with Crippen LogP contribution in [0.5, 0.6) is 0 Å². The minimum absolute atomic E-state index is 0.150. The van der Waals surface area contributed by atoms with Gasteiger partial charge in [0.15, 0.2) is 5.58 Å². The molecule has 2 aromatic heterocycles. The van der Waals surface area contributed by atoms with Gasteiger partial charge in [-0.1, -0.05) is 29.3 Å². The Balaban J connectivity index is 1.49. The fourth-order valence-electron chi connectivity index (χ4n) is 2.69. The van der Waals surface area contributed by atoms with Crippen molar-refractivity contribution in [1.29, 1.82) is 0 Å². The van der Waals surface area contributed by atoms with Crippen LogP contribution in [-0.2, 0) is 4.79 Å². The maximum Gasteiger partial charge on any atom is 0.237 e. The molecule has 2 aromatic carbocycles. The summed E-state index contributed by atoms with van der Waals surface area (Å²) in [6, 6.07) is 14.4. The second kappa shape index (κ2) is 8.45. The van der Waals surface area contributed by atoms with Gasteiger partial charge < -0.3 is 9.73 Å². The van der Waals surface area contributed by atoms with Crippen molar-refractivity contribution in [2.24, 2.45) is 0 Å². The van der Waals surface area contributed by atoms with Crippen molar-refractivity contribution in [1.82, 2.24) is 9.97 Å². The second-order valence-corrected chi connectivity index (χ2v) is 8.41. The Morgan fingerprint density at radius 1 is 1.14 bits per heavy atom. The lowest BCUT2D eigenvalue weighted by atomic mass is 10.2. The van der Waals surface area contributed by atoms with E-state index in [9.17, 15) is 4.79 Å². The number of anilines is 1. The van der Waals surface area contributed by atoms with Gasteiger partial charge in [0, 0.05) is 28.5 Å². The van der Waals surface area contributed by atoms with Crippen LogP contribution in [0.2, 0.25) is 10.0 Å². The molecule has 8 heteroatoms. The number of rotatable bonds is 5. The van der Waals surface area contributed by atoms with Gasteiger partial charge in [0.25, 0.3) is 0 Å². The number of nitrogens with one attached hydrogen (secondary N) is 1. The molecule has 5 nitrogen and oxygen atoms in total. The second-order valence-electron chi connectivity index (χ2n) is 6.24. The van der Waals surface area contributed by atoms with Gasteiger partial charge >= 0.3 is 0 Å². The largest absolute Gasteiger partial charge is 0.436 e. The number of carbonyl (C=O) groups is 1. The number of oxazole rings is 1. The van der Waals surface area contributed by atoms with E-state index in [1.54, 1.807) is 42.7 Å². The lowest BCUT2D eigenvalue weighted by Crippen LogP contribution is -2.22. The summed E-state index contributed by atoms with van der Waals surface area (Å²) < 4.78 is 5.78. The average Bonchev–Trinajstić information content (AvgIpc) is 3.15. The van der Waals surface area contributed by atoms with E-state index in [4.69, 9.17) is 27.6 Å². The van der Waals surface area contributed by atoms with E-state index in [1.165, 1.54) is 11.8 Å². The van der Waals surface area contributed by atoms with E-state index in [0.717, 1.165) is 10.5 Å². The Morgan fingerprint density at radius 3 is 2.72 bits per heavy atom. The standard InChI is InChI=1S/C21H15Cl2N3O2S/c1-12(29-18-4-2-3-15(22)19(18)23)20(27)25-14-5-6-17-16(11-14)26-21(28-17)13-7-9-24-10-8-13/h2-12H,1H3,(H,25,27)/t12-/m1/s1. The number of hydrogen-bond donors (Lipinski definition) is 1. The number of carbonyl (C=O) groups excluding carboxylic acids is 1. The summed E-state index contributed by atoms with van der Waals surface area (Å²) in [5, 5.41) is 3.45. The van der Waals surface area contributed by atoms with Gasteiger partial charge in [-0.2, -0.15) is 0 Å². The van der Waals surface area contributed by atoms with Crippen LogP contribution in [-0.4, -0.2) is 21.1 Å². The van der Waals surface area contributed by atoms with E-state index >= 15 is 0 Å². The molecule has 1 amide bonds. The third kappa shape index (κ3) is 4.40. The molecule has 0 unspecified atom stereocenters. The zero-order valence-electron chi connectivity index (χ0n) is 15.2. The van der Waals surface area contributed by atoms with E-state index in [2.05, 4.69) is 15.3 Å². The Morgan fingerprint density at radius 2 is 1.93 bits per heavy atom. The zero-order chi connectivity index (χ0) is 20.4. The highest BCUT2D eigenvalue weighted by atomic mass is 35.5. The monoisotopic (exact) mass is 443 g/mol. The summed E-state index contributed by atoms with van der Waals surface area (Å²) in [7, 11) is 0. The van der Waals surface area contributed by atoms with Gasteiger partial charge in [-0.25, -0.2) is 4.98 Å². The lowest BCUT2D eigenvalue weighted by molar-refractivity contribution is -0.115. The number of nitrogens with zero attached hydrogens (tertiary/aromatic N) is 2. The molecule has 1 atom stereocenters. The fourth-order valence-corrected chi connectivity index (χ4v) is 4.09. The highest BCUT2D eigenvalue weighted by Crippen LogP contribution is 2.35. The summed E-state index contributed by atoms with van der Waals surface area (Å²) in [4.78, 5) is 21.9. The highest BCUT2D eigenvalue weighted by molar-refractivity contribution is 8.00. The molecule has 0 spiro atoms. The SMILES string of the molecule is C[C@@H](Sc1cccc(Cl)c1Cl)C(=O)Nc1ccc2oc(-c3ccncc3)nc2c1. The van der Waals surface area contributed by atoms with E-state index in [1.807, 2.05) is 25.1 Å². The normalized spacial score (nSPS) is 12.1. The first kappa shape index (κ1) is 19.8. The minimum atomic E-state index is -0.369. The van der Waals surface area contributed by atoms with Crippen LogP contribution < -0.4 is 5.32 Å². The van der Waals surface area contributed by atoms with Crippen LogP contribution in [0.15, 0.2) is 70.2 Å². The maximum absolute atomic E-state index is 12.6. The molecule has 4 rings (SSSR count). The number of pyridine rings is 1. The number of halogens is 2. The quantitative estimate of drug-likeness (QED) is 0.365. The van der Waals surface area contributed by atoms with Crippen molar-refractivity contribution >= 4 is 57.7 Å². The molecule has 0 bridgehead atoms. The maximum atomic E-state index is 12.6. The fraction of sp³-hybridized carbons (Fsp3) is 0.0952. The number of fused-ring (bicyclic) bond motifs is 1. The molecule has 0 aliphatic heterocycles. The molecule has 0 aliphatic carbocycles. The molecule has 4 aromatic rings. The summed E-state index contributed by atoms with van der Waals surface area (Å²) >= 11 is 13.6. The number of aromatic nitrogens is 2. The van der Waals surface area contributed by atoms with Gasteiger partial charge in [0.05, 0.1) is 15.3 Å². The van der Waals surface area contributed by atoms with Crippen molar-refractivity contribution in [2.45, 2.75) is 17.1 Å². The van der Waals surface area contributed by atoms with Crippen molar-refractivity contribution < 1.29 is 9.21 Å². The van der Waals surface area contributed by atoms with Gasteiger partial charge in [0.2, 0.25) is 11.8 Å². The number of benzene rings is 2. The third-order valence-electron chi connectivity index (χ3n) is 4.17. The van der Waals surface area contributed by atoms with Crippen LogP contribution in [0.1, 0.15) is 6.92 Å². The predicted molar refractivity (Wildman–Crippen MR) is 118 cm³/mol. The van der Waals surface area contributed by atoms with Crippen LogP contribution >= 0.6 is 35.0 Å². The molecule has 0 aliphatic rings. The number of thioether (sulfide) groups is 1. The predicted octanol–water partition coefficient (Wildman–Crippen LogP) is 6.32. The first-order valence-corrected chi connectivity index (χ1v) is 10.4.